The molecule has 0 aliphatic heterocycles. The van der Waals surface area contributed by atoms with Crippen molar-refractivity contribution in [2.75, 3.05) is 0 Å². The molecule has 2 saturated carbocycles. The lowest BCUT2D eigenvalue weighted by molar-refractivity contribution is -0.122. The van der Waals surface area contributed by atoms with Gasteiger partial charge in [0.05, 0.1) is 5.52 Å². The summed E-state index contributed by atoms with van der Waals surface area (Å²) in [7, 11) is 0. The van der Waals surface area contributed by atoms with E-state index in [0.717, 1.165) is 54.1 Å². The molecule has 2 N–H and O–H groups in total. The van der Waals surface area contributed by atoms with Gasteiger partial charge in [0.25, 0.3) is 5.91 Å². The van der Waals surface area contributed by atoms with Gasteiger partial charge in [-0.05, 0) is 43.7 Å². The zero-order valence-electron chi connectivity index (χ0n) is 17.4. The monoisotopic (exact) mass is 404 g/mol. The van der Waals surface area contributed by atoms with E-state index >= 15 is 0 Å². The third-order valence-corrected chi connectivity index (χ3v) is 6.01. The third-order valence-electron chi connectivity index (χ3n) is 6.01. The Hall–Kier alpha value is -3.07. The average molecular weight is 405 g/mol. The van der Waals surface area contributed by atoms with Crippen LogP contribution in [-0.4, -0.2) is 28.5 Å². The minimum absolute atomic E-state index is 0.00668. The molecule has 2 aliphatic carbocycles. The van der Waals surface area contributed by atoms with Gasteiger partial charge < -0.3 is 15.2 Å². The number of para-hydroxylation sites is 1. The first-order valence-corrected chi connectivity index (χ1v) is 10.9. The molecule has 1 heterocycles. The van der Waals surface area contributed by atoms with Crippen LogP contribution in [0.4, 0.5) is 0 Å². The summed E-state index contributed by atoms with van der Waals surface area (Å²) < 4.78 is 1.96. The summed E-state index contributed by atoms with van der Waals surface area (Å²) in [5.74, 6) is -0.321. The maximum absolute atomic E-state index is 12.7. The van der Waals surface area contributed by atoms with Gasteiger partial charge in [0.1, 0.15) is 18.2 Å². The molecule has 6 nitrogen and oxygen atoms in total. The van der Waals surface area contributed by atoms with Crippen molar-refractivity contribution in [1.29, 1.82) is 5.26 Å². The van der Waals surface area contributed by atoms with Crippen LogP contribution in [0, 0.1) is 11.3 Å². The van der Waals surface area contributed by atoms with Crippen LogP contribution >= 0.6 is 0 Å². The smallest absolute Gasteiger partial charge is 0.262 e. The normalized spacial score (nSPS) is 17.1. The van der Waals surface area contributed by atoms with Gasteiger partial charge in [0.2, 0.25) is 5.91 Å². The second-order valence-electron chi connectivity index (χ2n) is 8.35. The zero-order valence-corrected chi connectivity index (χ0v) is 17.4. The van der Waals surface area contributed by atoms with E-state index in [1.165, 1.54) is 12.8 Å². The Balaban J connectivity index is 1.66. The number of amides is 2. The second kappa shape index (κ2) is 8.74. The number of nitriles is 1. The molecule has 0 saturated heterocycles. The van der Waals surface area contributed by atoms with E-state index in [1.807, 2.05) is 29.0 Å². The quantitative estimate of drug-likeness (QED) is 0.547. The highest BCUT2D eigenvalue weighted by Crippen LogP contribution is 2.28. The van der Waals surface area contributed by atoms with Gasteiger partial charge in [-0.3, -0.25) is 9.59 Å². The average Bonchev–Trinajstić information content (AvgIpc) is 3.28. The summed E-state index contributed by atoms with van der Waals surface area (Å²) in [5, 5.41) is 16.5. The van der Waals surface area contributed by atoms with E-state index in [-0.39, 0.29) is 36.0 Å². The molecule has 30 heavy (non-hydrogen) atoms. The molecule has 0 bridgehead atoms. The Morgan fingerprint density at radius 3 is 2.57 bits per heavy atom. The number of nitrogens with one attached hydrogen (secondary N) is 2. The second-order valence-corrected chi connectivity index (χ2v) is 8.35. The Morgan fingerprint density at radius 2 is 1.90 bits per heavy atom. The first-order chi connectivity index (χ1) is 14.6. The number of aryl methyl sites for hydroxylation is 1. The Kier molecular flexibility index (Phi) is 5.89. The predicted octanol–water partition coefficient (Wildman–Crippen LogP) is 3.45. The van der Waals surface area contributed by atoms with Gasteiger partial charge in [-0.1, -0.05) is 38.0 Å². The zero-order chi connectivity index (χ0) is 21.1. The molecular weight excluding hydrogens is 376 g/mol. The largest absolute Gasteiger partial charge is 0.352 e. The van der Waals surface area contributed by atoms with Crippen LogP contribution in [0.15, 0.2) is 30.0 Å². The lowest BCUT2D eigenvalue weighted by Crippen LogP contribution is -2.35. The topological polar surface area (TPSA) is 86.9 Å². The van der Waals surface area contributed by atoms with Gasteiger partial charge in [-0.2, -0.15) is 5.26 Å². The highest BCUT2D eigenvalue weighted by molar-refractivity contribution is 6.04. The molecule has 2 amide bonds. The first-order valence-electron chi connectivity index (χ1n) is 10.9. The van der Waals surface area contributed by atoms with Crippen LogP contribution in [0.5, 0.6) is 0 Å². The molecule has 1 aromatic heterocycles. The fourth-order valence-corrected chi connectivity index (χ4v) is 4.28. The lowest BCUT2D eigenvalue weighted by Gasteiger charge is -2.13. The fraction of sp³-hybridized carbons (Fsp3) is 0.458. The van der Waals surface area contributed by atoms with Crippen LogP contribution in [0.1, 0.15) is 56.6 Å². The SMILES string of the molecule is CCc1cccc2c(/C=C(\C#N)C(=O)NC3CC3)cn(CC(=O)NC3CCCC3)c12. The van der Waals surface area contributed by atoms with E-state index in [4.69, 9.17) is 0 Å². The van der Waals surface area contributed by atoms with Crippen LogP contribution < -0.4 is 10.6 Å². The highest BCUT2D eigenvalue weighted by Gasteiger charge is 2.25. The summed E-state index contributed by atoms with van der Waals surface area (Å²) >= 11 is 0. The fourth-order valence-electron chi connectivity index (χ4n) is 4.28. The van der Waals surface area contributed by atoms with Crippen molar-refractivity contribution in [2.24, 2.45) is 0 Å². The molecule has 1 aromatic carbocycles. The van der Waals surface area contributed by atoms with Gasteiger partial charge >= 0.3 is 0 Å². The number of hydrogen-bond acceptors (Lipinski definition) is 3. The molecule has 0 unspecified atom stereocenters. The Morgan fingerprint density at radius 1 is 1.17 bits per heavy atom. The third kappa shape index (κ3) is 4.40. The molecule has 4 rings (SSSR count). The number of benzene rings is 1. The van der Waals surface area contributed by atoms with Crippen LogP contribution in [-0.2, 0) is 22.6 Å². The van der Waals surface area contributed by atoms with Crippen molar-refractivity contribution in [2.45, 2.75) is 70.5 Å². The first kappa shape index (κ1) is 20.2. The number of rotatable bonds is 7. The maximum Gasteiger partial charge on any atom is 0.262 e. The van der Waals surface area contributed by atoms with Crippen LogP contribution in [0.25, 0.3) is 17.0 Å². The van der Waals surface area contributed by atoms with Crippen molar-refractivity contribution in [3.05, 3.63) is 41.1 Å². The lowest BCUT2D eigenvalue weighted by atomic mass is 10.1. The number of carbonyl (C=O) groups excluding carboxylic acids is 2. The Bertz CT molecular complexity index is 1030. The minimum atomic E-state index is -0.327. The molecule has 156 valence electrons. The molecule has 0 spiro atoms. The van der Waals surface area contributed by atoms with Crippen molar-refractivity contribution >= 4 is 28.8 Å². The maximum atomic E-state index is 12.7. The molecule has 6 heteroatoms. The Labute approximate surface area is 176 Å². The van der Waals surface area contributed by atoms with Gasteiger partial charge in [0, 0.05) is 29.2 Å². The minimum Gasteiger partial charge on any atom is -0.352 e. The van der Waals surface area contributed by atoms with E-state index in [1.54, 1.807) is 6.08 Å². The van der Waals surface area contributed by atoms with Crippen LogP contribution in [0.3, 0.4) is 0 Å². The predicted molar refractivity (Wildman–Crippen MR) is 116 cm³/mol. The van der Waals surface area contributed by atoms with E-state index in [9.17, 15) is 14.9 Å². The molecule has 2 fully saturated rings. The van der Waals surface area contributed by atoms with Crippen molar-refractivity contribution in [1.82, 2.24) is 15.2 Å². The number of fused-ring (bicyclic) bond motifs is 1. The van der Waals surface area contributed by atoms with E-state index < -0.39 is 0 Å². The summed E-state index contributed by atoms with van der Waals surface area (Å²) in [6, 6.07) is 8.54. The molecule has 2 aliphatic rings. The van der Waals surface area contributed by atoms with Gasteiger partial charge in [-0.15, -0.1) is 0 Å². The summed E-state index contributed by atoms with van der Waals surface area (Å²) in [6.07, 6.45) is 10.8. The van der Waals surface area contributed by atoms with E-state index in [0.29, 0.717) is 0 Å². The molecule has 2 aromatic rings. The molecule has 0 atom stereocenters. The van der Waals surface area contributed by atoms with Gasteiger partial charge in [0.15, 0.2) is 0 Å². The van der Waals surface area contributed by atoms with Gasteiger partial charge in [-0.25, -0.2) is 0 Å². The standard InChI is InChI=1S/C24H28N4O2/c1-2-16-6-5-9-21-18(12-17(13-25)24(30)27-20-10-11-20)14-28(23(16)21)15-22(29)26-19-7-3-4-8-19/h5-6,9,12,14,19-20H,2-4,7-8,10-11,15H2,1H3,(H,26,29)(H,27,30)/b17-12+. The summed E-state index contributed by atoms with van der Waals surface area (Å²) in [4.78, 5) is 25.1. The number of hydrogen-bond donors (Lipinski definition) is 2. The highest BCUT2D eigenvalue weighted by atomic mass is 16.2. The molecular formula is C24H28N4O2. The van der Waals surface area contributed by atoms with Crippen molar-refractivity contribution < 1.29 is 9.59 Å². The number of carbonyl (C=O) groups is 2. The number of aromatic nitrogens is 1. The summed E-state index contributed by atoms with van der Waals surface area (Å²) in [5.41, 5.74) is 3.02. The summed E-state index contributed by atoms with van der Waals surface area (Å²) in [6.45, 7) is 2.32. The van der Waals surface area contributed by atoms with Crippen molar-refractivity contribution in [3.63, 3.8) is 0 Å². The van der Waals surface area contributed by atoms with Crippen LogP contribution in [0.2, 0.25) is 0 Å². The molecule has 0 radical (unpaired) electrons. The van der Waals surface area contributed by atoms with Crippen molar-refractivity contribution in [3.8, 4) is 6.07 Å². The number of nitrogens with zero attached hydrogens (tertiary/aromatic N) is 2. The van der Waals surface area contributed by atoms with E-state index in [2.05, 4.69) is 23.6 Å².